The van der Waals surface area contributed by atoms with Crippen molar-refractivity contribution in [3.05, 3.63) is 41.6 Å². The normalized spacial score (nSPS) is 24.3. The van der Waals surface area contributed by atoms with Crippen LogP contribution in [0.25, 0.3) is 10.9 Å². The Kier molecular flexibility index (Phi) is 3.04. The molecule has 3 rings (SSSR count). The molecule has 1 aliphatic heterocycles. The fraction of sp³-hybridized carbons (Fsp3) is 0.438. The third-order valence-electron chi connectivity index (χ3n) is 3.97. The molecule has 2 heteroatoms. The molecule has 1 aromatic carbocycles. The molecule has 0 spiro atoms. The minimum atomic E-state index is 0.623. The molecule has 0 amide bonds. The van der Waals surface area contributed by atoms with Crippen molar-refractivity contribution in [1.82, 2.24) is 10.3 Å². The first-order valence-corrected chi connectivity index (χ1v) is 6.83. The lowest BCUT2D eigenvalue weighted by atomic mass is 9.85. The van der Waals surface area contributed by atoms with Gasteiger partial charge in [0.25, 0.3) is 0 Å². The SMILES string of the molecule is Cc1ccc2c([C@H]3CCN[C@H](C)C3)cccc2n1. The van der Waals surface area contributed by atoms with Crippen LogP contribution in [0.5, 0.6) is 0 Å². The Bertz CT molecular complexity index is 562. The summed E-state index contributed by atoms with van der Waals surface area (Å²) >= 11 is 0. The molecule has 1 fully saturated rings. The Morgan fingerprint density at radius 2 is 2.11 bits per heavy atom. The zero-order valence-corrected chi connectivity index (χ0v) is 11.1. The van der Waals surface area contributed by atoms with Gasteiger partial charge in [0, 0.05) is 17.1 Å². The summed E-state index contributed by atoms with van der Waals surface area (Å²) in [7, 11) is 0. The van der Waals surface area contributed by atoms with Crippen LogP contribution in [0.15, 0.2) is 30.3 Å². The van der Waals surface area contributed by atoms with E-state index in [1.165, 1.54) is 23.8 Å². The van der Waals surface area contributed by atoms with Crippen molar-refractivity contribution >= 4 is 10.9 Å². The molecular formula is C16H20N2. The van der Waals surface area contributed by atoms with E-state index < -0.39 is 0 Å². The molecular weight excluding hydrogens is 220 g/mol. The molecule has 2 atom stereocenters. The monoisotopic (exact) mass is 240 g/mol. The molecule has 0 bridgehead atoms. The van der Waals surface area contributed by atoms with Crippen LogP contribution in [0.4, 0.5) is 0 Å². The molecule has 2 aromatic rings. The predicted molar refractivity (Wildman–Crippen MR) is 75.9 cm³/mol. The summed E-state index contributed by atoms with van der Waals surface area (Å²) in [5.74, 6) is 0.675. The van der Waals surface area contributed by atoms with Crippen LogP contribution >= 0.6 is 0 Å². The van der Waals surface area contributed by atoms with Gasteiger partial charge in [0.1, 0.15) is 0 Å². The second-order valence-electron chi connectivity index (χ2n) is 5.44. The van der Waals surface area contributed by atoms with E-state index >= 15 is 0 Å². The second-order valence-corrected chi connectivity index (χ2v) is 5.44. The van der Waals surface area contributed by atoms with Gasteiger partial charge >= 0.3 is 0 Å². The zero-order chi connectivity index (χ0) is 12.5. The van der Waals surface area contributed by atoms with Crippen LogP contribution < -0.4 is 5.32 Å². The number of benzene rings is 1. The number of nitrogens with zero attached hydrogens (tertiary/aromatic N) is 1. The number of aromatic nitrogens is 1. The van der Waals surface area contributed by atoms with E-state index in [2.05, 4.69) is 54.5 Å². The highest BCUT2D eigenvalue weighted by Gasteiger charge is 2.21. The lowest BCUT2D eigenvalue weighted by Gasteiger charge is -2.29. The summed E-state index contributed by atoms with van der Waals surface area (Å²) in [6.07, 6.45) is 2.46. The van der Waals surface area contributed by atoms with Crippen molar-refractivity contribution in [1.29, 1.82) is 0 Å². The molecule has 0 unspecified atom stereocenters. The summed E-state index contributed by atoms with van der Waals surface area (Å²) in [5.41, 5.74) is 3.71. The van der Waals surface area contributed by atoms with E-state index in [9.17, 15) is 0 Å². The Labute approximate surface area is 108 Å². The highest BCUT2D eigenvalue weighted by atomic mass is 14.9. The second kappa shape index (κ2) is 4.69. The average Bonchev–Trinajstić information content (AvgIpc) is 2.37. The summed E-state index contributed by atoms with van der Waals surface area (Å²) in [6, 6.07) is 11.5. The summed E-state index contributed by atoms with van der Waals surface area (Å²) < 4.78 is 0. The van der Waals surface area contributed by atoms with Crippen LogP contribution in [-0.2, 0) is 0 Å². The first-order chi connectivity index (χ1) is 8.74. The van der Waals surface area contributed by atoms with Crippen LogP contribution in [0, 0.1) is 6.92 Å². The van der Waals surface area contributed by atoms with E-state index in [0.29, 0.717) is 12.0 Å². The van der Waals surface area contributed by atoms with Gasteiger partial charge in [-0.15, -0.1) is 0 Å². The minimum absolute atomic E-state index is 0.623. The first kappa shape index (κ1) is 11.7. The average molecular weight is 240 g/mol. The smallest absolute Gasteiger partial charge is 0.0708 e. The fourth-order valence-electron chi connectivity index (χ4n) is 3.05. The number of hydrogen-bond acceptors (Lipinski definition) is 2. The molecule has 1 aliphatic rings. The molecule has 18 heavy (non-hydrogen) atoms. The Hall–Kier alpha value is -1.41. The van der Waals surface area contributed by atoms with E-state index in [0.717, 1.165) is 17.8 Å². The number of fused-ring (bicyclic) bond motifs is 1. The van der Waals surface area contributed by atoms with Crippen molar-refractivity contribution in [2.24, 2.45) is 0 Å². The maximum absolute atomic E-state index is 4.63. The van der Waals surface area contributed by atoms with Crippen molar-refractivity contribution in [2.45, 2.75) is 38.6 Å². The van der Waals surface area contributed by atoms with Crippen LogP contribution in [0.2, 0.25) is 0 Å². The van der Waals surface area contributed by atoms with E-state index in [-0.39, 0.29) is 0 Å². The highest BCUT2D eigenvalue weighted by molar-refractivity contribution is 5.82. The van der Waals surface area contributed by atoms with Gasteiger partial charge in [-0.2, -0.15) is 0 Å². The van der Waals surface area contributed by atoms with Gasteiger partial charge in [-0.25, -0.2) is 0 Å². The lowest BCUT2D eigenvalue weighted by Crippen LogP contribution is -2.34. The third-order valence-corrected chi connectivity index (χ3v) is 3.97. The number of aryl methyl sites for hydroxylation is 1. The number of piperidine rings is 1. The topological polar surface area (TPSA) is 24.9 Å². The summed E-state index contributed by atoms with van der Waals surface area (Å²) in [4.78, 5) is 4.63. The first-order valence-electron chi connectivity index (χ1n) is 6.83. The predicted octanol–water partition coefficient (Wildman–Crippen LogP) is 3.40. The molecule has 1 saturated heterocycles. The van der Waals surface area contributed by atoms with Gasteiger partial charge in [-0.3, -0.25) is 4.98 Å². The quantitative estimate of drug-likeness (QED) is 0.826. The number of nitrogens with one attached hydrogen (secondary N) is 1. The highest BCUT2D eigenvalue weighted by Crippen LogP contribution is 2.32. The molecule has 2 heterocycles. The van der Waals surface area contributed by atoms with Gasteiger partial charge in [-0.1, -0.05) is 18.2 Å². The van der Waals surface area contributed by atoms with Gasteiger partial charge in [0.15, 0.2) is 0 Å². The van der Waals surface area contributed by atoms with Gasteiger partial charge in [0.05, 0.1) is 5.52 Å². The lowest BCUT2D eigenvalue weighted by molar-refractivity contribution is 0.382. The van der Waals surface area contributed by atoms with E-state index in [1.807, 2.05) is 0 Å². The van der Waals surface area contributed by atoms with Crippen molar-refractivity contribution in [3.8, 4) is 0 Å². The maximum Gasteiger partial charge on any atom is 0.0708 e. The van der Waals surface area contributed by atoms with E-state index in [4.69, 9.17) is 0 Å². The number of rotatable bonds is 1. The van der Waals surface area contributed by atoms with Crippen molar-refractivity contribution < 1.29 is 0 Å². The molecule has 0 aliphatic carbocycles. The fourth-order valence-corrected chi connectivity index (χ4v) is 3.05. The van der Waals surface area contributed by atoms with Crippen molar-refractivity contribution in [3.63, 3.8) is 0 Å². The minimum Gasteiger partial charge on any atom is -0.314 e. The van der Waals surface area contributed by atoms with Crippen molar-refractivity contribution in [2.75, 3.05) is 6.54 Å². The Balaban J connectivity index is 2.05. The molecule has 2 nitrogen and oxygen atoms in total. The molecule has 0 saturated carbocycles. The standard InChI is InChI=1S/C16H20N2/c1-11-6-7-15-14(4-3-5-16(15)18-11)13-8-9-17-12(2)10-13/h3-7,12-13,17H,8-10H2,1-2H3/t12-,13+/m1/s1. The van der Waals surface area contributed by atoms with Gasteiger partial charge in [0.2, 0.25) is 0 Å². The molecule has 1 N–H and O–H groups in total. The summed E-state index contributed by atoms with van der Waals surface area (Å²) in [5, 5.41) is 4.86. The molecule has 94 valence electrons. The van der Waals surface area contributed by atoms with Crippen LogP contribution in [-0.4, -0.2) is 17.6 Å². The largest absolute Gasteiger partial charge is 0.314 e. The van der Waals surface area contributed by atoms with Crippen LogP contribution in [0.3, 0.4) is 0 Å². The Morgan fingerprint density at radius 3 is 2.94 bits per heavy atom. The number of hydrogen-bond donors (Lipinski definition) is 1. The summed E-state index contributed by atoms with van der Waals surface area (Å²) in [6.45, 7) is 5.46. The van der Waals surface area contributed by atoms with Gasteiger partial charge in [-0.05, 0) is 56.8 Å². The Morgan fingerprint density at radius 1 is 1.22 bits per heavy atom. The molecule has 1 aromatic heterocycles. The molecule has 0 radical (unpaired) electrons. The van der Waals surface area contributed by atoms with Crippen LogP contribution in [0.1, 0.15) is 36.9 Å². The van der Waals surface area contributed by atoms with E-state index in [1.54, 1.807) is 0 Å². The van der Waals surface area contributed by atoms with Gasteiger partial charge < -0.3 is 5.32 Å². The number of pyridine rings is 1. The maximum atomic E-state index is 4.63. The zero-order valence-electron chi connectivity index (χ0n) is 11.1. The third kappa shape index (κ3) is 2.13.